The molecule has 5 heteroatoms. The van der Waals surface area contributed by atoms with Crippen molar-refractivity contribution in [2.75, 3.05) is 20.3 Å². The van der Waals surface area contributed by atoms with Gasteiger partial charge in [-0.1, -0.05) is 19.1 Å². The van der Waals surface area contributed by atoms with Crippen molar-refractivity contribution in [1.29, 1.82) is 0 Å². The molecule has 0 saturated heterocycles. The number of benzene rings is 1. The summed E-state index contributed by atoms with van der Waals surface area (Å²) in [4.78, 5) is 16.2. The maximum absolute atomic E-state index is 12.1. The highest BCUT2D eigenvalue weighted by molar-refractivity contribution is 6.04. The van der Waals surface area contributed by atoms with E-state index in [1.807, 2.05) is 6.92 Å². The van der Waals surface area contributed by atoms with Crippen molar-refractivity contribution in [1.82, 2.24) is 5.32 Å². The number of hydrogen-bond donors (Lipinski definition) is 1. The quantitative estimate of drug-likeness (QED) is 0.493. The molecule has 0 fully saturated rings. The third kappa shape index (κ3) is 5.14. The maximum Gasteiger partial charge on any atom is 0.292 e. The highest BCUT2D eigenvalue weighted by atomic mass is 16.5. The predicted molar refractivity (Wildman–Crippen MR) is 79.2 cm³/mol. The third-order valence-corrected chi connectivity index (χ3v) is 2.36. The summed E-state index contributed by atoms with van der Waals surface area (Å²) in [6.07, 6.45) is 2.47. The molecule has 0 saturated carbocycles. The molecule has 1 aromatic rings. The van der Waals surface area contributed by atoms with Gasteiger partial charge in [0.25, 0.3) is 11.9 Å². The minimum atomic E-state index is -0.289. The van der Waals surface area contributed by atoms with Crippen molar-refractivity contribution in [3.63, 3.8) is 0 Å². The summed E-state index contributed by atoms with van der Waals surface area (Å²) in [7, 11) is 1.55. The average Bonchev–Trinajstić information content (AvgIpc) is 2.49. The standard InChI is InChI=1S/C15H20N2O3/c1-4-9-16-15(20-10-5-2)17-14(18)12-7-6-8-13(11-12)19-3/h4,6-8,11H,1,5,9-10H2,2-3H3,(H,16,17,18). The highest BCUT2D eigenvalue weighted by Crippen LogP contribution is 2.12. The van der Waals surface area contributed by atoms with Crippen molar-refractivity contribution in [3.8, 4) is 5.75 Å². The fraction of sp³-hybridized carbons (Fsp3) is 0.333. The first-order valence-corrected chi connectivity index (χ1v) is 6.44. The van der Waals surface area contributed by atoms with Crippen molar-refractivity contribution >= 4 is 11.9 Å². The van der Waals surface area contributed by atoms with Crippen LogP contribution in [0, 0.1) is 0 Å². The van der Waals surface area contributed by atoms with Gasteiger partial charge >= 0.3 is 0 Å². The van der Waals surface area contributed by atoms with E-state index < -0.39 is 0 Å². The van der Waals surface area contributed by atoms with E-state index in [2.05, 4.69) is 16.9 Å². The van der Waals surface area contributed by atoms with Gasteiger partial charge in [-0.15, -0.1) is 6.58 Å². The fourth-order valence-electron chi connectivity index (χ4n) is 1.40. The molecule has 0 bridgehead atoms. The predicted octanol–water partition coefficient (Wildman–Crippen LogP) is 2.39. The Hall–Kier alpha value is -2.30. The first-order chi connectivity index (χ1) is 9.71. The smallest absolute Gasteiger partial charge is 0.292 e. The van der Waals surface area contributed by atoms with Gasteiger partial charge in [-0.25, -0.2) is 4.99 Å². The minimum absolute atomic E-state index is 0.208. The molecule has 1 rings (SSSR count). The van der Waals surface area contributed by atoms with Crippen LogP contribution >= 0.6 is 0 Å². The lowest BCUT2D eigenvalue weighted by Gasteiger charge is -2.10. The van der Waals surface area contributed by atoms with Crippen LogP contribution in [0.15, 0.2) is 41.9 Å². The van der Waals surface area contributed by atoms with E-state index in [1.165, 1.54) is 0 Å². The summed E-state index contributed by atoms with van der Waals surface area (Å²) in [6.45, 7) is 6.44. The van der Waals surface area contributed by atoms with Gasteiger partial charge in [0.15, 0.2) is 0 Å². The maximum atomic E-state index is 12.1. The molecule has 0 radical (unpaired) electrons. The van der Waals surface area contributed by atoms with Crippen molar-refractivity contribution in [2.45, 2.75) is 13.3 Å². The Morgan fingerprint density at radius 3 is 2.95 bits per heavy atom. The molecule has 0 atom stereocenters. The third-order valence-electron chi connectivity index (χ3n) is 2.36. The normalized spacial score (nSPS) is 10.8. The molecule has 0 aliphatic heterocycles. The molecule has 0 aliphatic rings. The van der Waals surface area contributed by atoms with Crippen LogP contribution in [0.25, 0.3) is 0 Å². The zero-order chi connectivity index (χ0) is 14.8. The number of amides is 1. The summed E-state index contributed by atoms with van der Waals surface area (Å²) in [5.74, 6) is 0.333. The zero-order valence-electron chi connectivity index (χ0n) is 11.9. The first kappa shape index (κ1) is 15.8. The van der Waals surface area contributed by atoms with Crippen molar-refractivity contribution < 1.29 is 14.3 Å². The monoisotopic (exact) mass is 276 g/mol. The Morgan fingerprint density at radius 2 is 2.30 bits per heavy atom. The molecule has 0 spiro atoms. The lowest BCUT2D eigenvalue weighted by atomic mass is 10.2. The van der Waals surface area contributed by atoms with E-state index in [0.29, 0.717) is 24.5 Å². The average molecular weight is 276 g/mol. The molecule has 1 amide bonds. The molecule has 0 aromatic heterocycles. The van der Waals surface area contributed by atoms with Crippen LogP contribution in [-0.2, 0) is 4.74 Å². The Morgan fingerprint density at radius 1 is 1.50 bits per heavy atom. The van der Waals surface area contributed by atoms with E-state index in [9.17, 15) is 4.79 Å². The number of nitrogens with zero attached hydrogens (tertiary/aromatic N) is 1. The van der Waals surface area contributed by atoms with Crippen LogP contribution in [-0.4, -0.2) is 32.2 Å². The summed E-state index contributed by atoms with van der Waals surface area (Å²) in [5.41, 5.74) is 0.482. The Bertz CT molecular complexity index is 484. The van der Waals surface area contributed by atoms with Gasteiger partial charge in [-0.05, 0) is 24.6 Å². The van der Waals surface area contributed by atoms with Gasteiger partial charge in [0.2, 0.25) is 0 Å². The Balaban J connectivity index is 2.75. The second-order valence-electron chi connectivity index (χ2n) is 3.97. The number of carbonyl (C=O) groups excluding carboxylic acids is 1. The van der Waals surface area contributed by atoms with E-state index >= 15 is 0 Å². The van der Waals surface area contributed by atoms with Crippen LogP contribution in [0.1, 0.15) is 23.7 Å². The number of hydrogen-bond acceptors (Lipinski definition) is 4. The summed E-state index contributed by atoms with van der Waals surface area (Å²) in [5, 5.41) is 2.64. The molecule has 1 N–H and O–H groups in total. The number of amidine groups is 1. The van der Waals surface area contributed by atoms with Gasteiger partial charge in [0.1, 0.15) is 5.75 Å². The second kappa shape index (κ2) is 8.74. The number of rotatable bonds is 6. The second-order valence-corrected chi connectivity index (χ2v) is 3.97. The fourth-order valence-corrected chi connectivity index (χ4v) is 1.40. The van der Waals surface area contributed by atoms with Gasteiger partial charge in [-0.3, -0.25) is 10.1 Å². The van der Waals surface area contributed by atoms with Crippen LogP contribution in [0.2, 0.25) is 0 Å². The van der Waals surface area contributed by atoms with E-state index in [4.69, 9.17) is 9.47 Å². The molecule has 20 heavy (non-hydrogen) atoms. The summed E-state index contributed by atoms with van der Waals surface area (Å²) in [6, 6.07) is 7.08. The first-order valence-electron chi connectivity index (χ1n) is 6.44. The number of nitrogens with one attached hydrogen (secondary N) is 1. The van der Waals surface area contributed by atoms with Gasteiger partial charge in [0, 0.05) is 5.56 Å². The van der Waals surface area contributed by atoms with Gasteiger partial charge < -0.3 is 9.47 Å². The Labute approximate surface area is 119 Å². The van der Waals surface area contributed by atoms with Crippen LogP contribution in [0.3, 0.4) is 0 Å². The van der Waals surface area contributed by atoms with E-state index in [0.717, 1.165) is 6.42 Å². The zero-order valence-corrected chi connectivity index (χ0v) is 11.9. The molecule has 0 heterocycles. The van der Waals surface area contributed by atoms with Crippen LogP contribution in [0.5, 0.6) is 5.75 Å². The molecular weight excluding hydrogens is 256 g/mol. The topological polar surface area (TPSA) is 59.9 Å². The number of aliphatic imine (C=N–C) groups is 1. The number of ether oxygens (including phenoxy) is 2. The van der Waals surface area contributed by atoms with Gasteiger partial charge in [0.05, 0.1) is 20.3 Å². The van der Waals surface area contributed by atoms with Crippen molar-refractivity contribution in [3.05, 3.63) is 42.5 Å². The van der Waals surface area contributed by atoms with E-state index in [1.54, 1.807) is 37.5 Å². The van der Waals surface area contributed by atoms with E-state index in [-0.39, 0.29) is 11.9 Å². The molecule has 0 unspecified atom stereocenters. The van der Waals surface area contributed by atoms with Crippen LogP contribution < -0.4 is 10.1 Å². The van der Waals surface area contributed by atoms with Gasteiger partial charge in [-0.2, -0.15) is 0 Å². The minimum Gasteiger partial charge on any atom is -0.497 e. The molecule has 0 aliphatic carbocycles. The van der Waals surface area contributed by atoms with Crippen molar-refractivity contribution in [2.24, 2.45) is 4.99 Å². The van der Waals surface area contributed by atoms with Crippen LogP contribution in [0.4, 0.5) is 0 Å². The molecular formula is C15H20N2O3. The lowest BCUT2D eigenvalue weighted by molar-refractivity contribution is 0.0965. The summed E-state index contributed by atoms with van der Waals surface area (Å²) >= 11 is 0. The molecule has 1 aromatic carbocycles. The summed E-state index contributed by atoms with van der Waals surface area (Å²) < 4.78 is 10.5. The molecule has 5 nitrogen and oxygen atoms in total. The molecule has 108 valence electrons. The lowest BCUT2D eigenvalue weighted by Crippen LogP contribution is -2.33. The SMILES string of the molecule is C=CCN=C(NC(=O)c1cccc(OC)c1)OCCC. The largest absolute Gasteiger partial charge is 0.497 e. The number of methoxy groups -OCH3 is 1. The number of carbonyl (C=O) groups is 1. The Kier molecular flexibility index (Phi) is 6.89. The highest BCUT2D eigenvalue weighted by Gasteiger charge is 2.10.